The Bertz CT molecular complexity index is 1510. The van der Waals surface area contributed by atoms with Crippen LogP contribution in [0.15, 0.2) is 54.6 Å². The van der Waals surface area contributed by atoms with Gasteiger partial charge in [-0.1, -0.05) is 44.2 Å². The Morgan fingerprint density at radius 1 is 1.07 bits per heavy atom. The lowest BCUT2D eigenvalue weighted by atomic mass is 9.85. The van der Waals surface area contributed by atoms with E-state index in [-0.39, 0.29) is 16.8 Å². The van der Waals surface area contributed by atoms with E-state index in [4.69, 9.17) is 9.32 Å². The molecule has 2 aromatic rings. The largest absolute Gasteiger partial charge is 0.398 e. The zero-order valence-corrected chi connectivity index (χ0v) is 24.5. The Hall–Kier alpha value is -3.21. The molecule has 0 spiro atoms. The third kappa shape index (κ3) is 10.9. The van der Waals surface area contributed by atoms with Crippen LogP contribution in [-0.2, 0) is 51.7 Å². The third-order valence-corrected chi connectivity index (χ3v) is 7.31. The summed E-state index contributed by atoms with van der Waals surface area (Å²) in [6, 6.07) is 12.2. The van der Waals surface area contributed by atoms with Crippen molar-refractivity contribution < 1.29 is 39.2 Å². The number of carbonyl (C=O) groups excluding carboxylic acids is 2. The van der Waals surface area contributed by atoms with E-state index in [1.165, 1.54) is 29.3 Å². The summed E-state index contributed by atoms with van der Waals surface area (Å²) in [7, 11) is -7.57. The van der Waals surface area contributed by atoms with Crippen molar-refractivity contribution in [1.82, 2.24) is 14.7 Å². The van der Waals surface area contributed by atoms with Crippen LogP contribution in [0.25, 0.3) is 5.57 Å². The molecule has 1 aliphatic heterocycles. The number of halogens is 1. The quantitative estimate of drug-likeness (QED) is 0.359. The molecule has 2 aromatic carbocycles. The summed E-state index contributed by atoms with van der Waals surface area (Å²) in [6.07, 6.45) is 2.10. The molecule has 41 heavy (non-hydrogen) atoms. The van der Waals surface area contributed by atoms with Gasteiger partial charge in [0.1, 0.15) is 5.82 Å². The van der Waals surface area contributed by atoms with E-state index in [0.29, 0.717) is 37.8 Å². The lowest BCUT2D eigenvalue weighted by molar-refractivity contribution is -0.130. The molecule has 1 saturated heterocycles. The second-order valence-electron chi connectivity index (χ2n) is 10.6. The predicted octanol–water partition coefficient (Wildman–Crippen LogP) is 2.00. The van der Waals surface area contributed by atoms with Crippen molar-refractivity contribution in [3.8, 4) is 0 Å². The molecular weight excluding hydrogens is 579 g/mol. The normalized spacial score (nSPS) is 16.4. The van der Waals surface area contributed by atoms with E-state index in [9.17, 15) is 30.8 Å². The standard InChI is InChI=1S/C26H33FN4O8S2/c1-26(2)12-5-13-31(18-26)29-41(36,37)39-25(33)23(15-24(32)38-40(28,34)35)21-7-4-6-20(14-21)17-30(3)16-19-8-10-22(27)11-9-19/h4,6-11,14-15,29H,5,12-13,16-18H2,1-3H3,(H2,28,34,35)/b23-15-. The molecule has 0 radical (unpaired) electrons. The van der Waals surface area contributed by atoms with E-state index >= 15 is 0 Å². The van der Waals surface area contributed by atoms with Gasteiger partial charge in [0.2, 0.25) is 0 Å². The number of nitrogens with two attached hydrogens (primary N) is 1. The maximum Gasteiger partial charge on any atom is 0.398 e. The van der Waals surface area contributed by atoms with Crippen LogP contribution in [0.5, 0.6) is 0 Å². The Balaban J connectivity index is 1.83. The van der Waals surface area contributed by atoms with Crippen molar-refractivity contribution in [2.45, 2.75) is 39.8 Å². The zero-order chi connectivity index (χ0) is 30.4. The van der Waals surface area contributed by atoms with Gasteiger partial charge in [0, 0.05) is 32.3 Å². The summed E-state index contributed by atoms with van der Waals surface area (Å²) in [5.74, 6) is -3.33. The molecule has 0 unspecified atom stereocenters. The van der Waals surface area contributed by atoms with Crippen LogP contribution in [0.2, 0.25) is 0 Å². The molecule has 0 amide bonds. The molecule has 0 saturated carbocycles. The van der Waals surface area contributed by atoms with Crippen molar-refractivity contribution >= 4 is 38.1 Å². The van der Waals surface area contributed by atoms with E-state index in [2.05, 4.69) is 9.01 Å². The predicted molar refractivity (Wildman–Crippen MR) is 148 cm³/mol. The highest BCUT2D eigenvalue weighted by atomic mass is 32.2. The molecule has 3 N–H and O–H groups in total. The van der Waals surface area contributed by atoms with Crippen LogP contribution in [0.3, 0.4) is 0 Å². The molecule has 0 aromatic heterocycles. The summed E-state index contributed by atoms with van der Waals surface area (Å²) in [6.45, 7) is 5.54. The average Bonchev–Trinajstić information content (AvgIpc) is 2.81. The van der Waals surface area contributed by atoms with Gasteiger partial charge in [-0.15, -0.1) is 4.83 Å². The molecule has 0 atom stereocenters. The first-order valence-electron chi connectivity index (χ1n) is 12.5. The number of carbonyl (C=O) groups is 2. The Morgan fingerprint density at radius 3 is 2.37 bits per heavy atom. The molecule has 0 aliphatic carbocycles. The molecule has 0 bridgehead atoms. The summed E-state index contributed by atoms with van der Waals surface area (Å²) in [4.78, 5) is 29.4. The van der Waals surface area contributed by atoms with Crippen LogP contribution in [0.1, 0.15) is 43.4 Å². The van der Waals surface area contributed by atoms with Gasteiger partial charge in [-0.05, 0) is 60.2 Å². The van der Waals surface area contributed by atoms with E-state index in [1.54, 1.807) is 24.3 Å². The number of nitrogens with zero attached hydrogens (tertiary/aromatic N) is 2. The topological polar surface area (TPSA) is 165 Å². The van der Waals surface area contributed by atoms with Crippen molar-refractivity contribution in [3.05, 3.63) is 77.1 Å². The third-order valence-electron chi connectivity index (χ3n) is 6.06. The molecular formula is C26H33FN4O8S2. The molecule has 3 rings (SSSR count). The lowest BCUT2D eigenvalue weighted by Crippen LogP contribution is -2.50. The lowest BCUT2D eigenvalue weighted by Gasteiger charge is -2.37. The molecule has 1 heterocycles. The van der Waals surface area contributed by atoms with E-state index < -0.39 is 38.1 Å². The van der Waals surface area contributed by atoms with Crippen LogP contribution in [0.4, 0.5) is 4.39 Å². The molecule has 12 nitrogen and oxygen atoms in total. The first kappa shape index (κ1) is 32.3. The first-order valence-corrected chi connectivity index (χ1v) is 15.4. The Labute approximate surface area is 239 Å². The number of piperidine rings is 1. The fourth-order valence-corrected chi connectivity index (χ4v) is 5.52. The fraction of sp³-hybridized carbons (Fsp3) is 0.385. The first-order chi connectivity index (χ1) is 19.0. The summed E-state index contributed by atoms with van der Waals surface area (Å²) < 4.78 is 69.9. The Kier molecular flexibility index (Phi) is 10.4. The van der Waals surface area contributed by atoms with Gasteiger partial charge in [-0.3, -0.25) is 4.90 Å². The monoisotopic (exact) mass is 612 g/mol. The minimum atomic E-state index is -4.71. The maximum atomic E-state index is 13.2. The van der Waals surface area contributed by atoms with E-state index in [0.717, 1.165) is 18.4 Å². The highest BCUT2D eigenvalue weighted by Gasteiger charge is 2.31. The van der Waals surface area contributed by atoms with Gasteiger partial charge in [0.15, 0.2) is 0 Å². The number of hydrogen-bond acceptors (Lipinski definition) is 10. The van der Waals surface area contributed by atoms with Crippen LogP contribution >= 0.6 is 0 Å². The summed E-state index contributed by atoms with van der Waals surface area (Å²) in [5, 5.41) is 6.17. The molecule has 1 aliphatic rings. The van der Waals surface area contributed by atoms with Gasteiger partial charge in [-0.25, -0.2) is 19.0 Å². The zero-order valence-electron chi connectivity index (χ0n) is 22.9. The number of nitrogens with one attached hydrogen (secondary N) is 1. The Morgan fingerprint density at radius 2 is 1.73 bits per heavy atom. The minimum absolute atomic E-state index is 0.0587. The number of rotatable bonds is 11. The molecule has 15 heteroatoms. The fourth-order valence-electron chi connectivity index (χ4n) is 4.45. The maximum absolute atomic E-state index is 13.2. The summed E-state index contributed by atoms with van der Waals surface area (Å²) in [5.41, 5.74) is 0.823. The van der Waals surface area contributed by atoms with Gasteiger partial charge < -0.3 is 8.37 Å². The van der Waals surface area contributed by atoms with Gasteiger partial charge in [-0.2, -0.15) is 22.0 Å². The smallest absolute Gasteiger partial charge is 0.330 e. The number of hydrazine groups is 1. The van der Waals surface area contributed by atoms with Crippen LogP contribution in [-0.4, -0.2) is 58.8 Å². The SMILES string of the molecule is CN(Cc1ccc(F)cc1)Cc1cccc(/C(=C/C(=O)OS(N)(=O)=O)C(=O)OS(=O)(=O)NN2CCCC(C)(C)C2)c1. The van der Waals surface area contributed by atoms with Crippen molar-refractivity contribution in [2.24, 2.45) is 10.6 Å². The van der Waals surface area contributed by atoms with Gasteiger partial charge in [0.05, 0.1) is 5.57 Å². The average molecular weight is 613 g/mol. The number of hydrogen-bond donors (Lipinski definition) is 2. The minimum Gasteiger partial charge on any atom is -0.330 e. The van der Waals surface area contributed by atoms with Crippen molar-refractivity contribution in [2.75, 3.05) is 20.1 Å². The second-order valence-corrected chi connectivity index (χ2v) is 13.0. The molecule has 1 fully saturated rings. The van der Waals surface area contributed by atoms with Gasteiger partial charge in [0.25, 0.3) is 0 Å². The van der Waals surface area contributed by atoms with Crippen molar-refractivity contribution in [3.63, 3.8) is 0 Å². The van der Waals surface area contributed by atoms with Gasteiger partial charge >= 0.3 is 32.5 Å². The summed E-state index contributed by atoms with van der Waals surface area (Å²) >= 11 is 0. The van der Waals surface area contributed by atoms with Crippen LogP contribution < -0.4 is 9.97 Å². The highest BCUT2D eigenvalue weighted by Crippen LogP contribution is 2.28. The second kappa shape index (κ2) is 13.2. The highest BCUT2D eigenvalue weighted by molar-refractivity contribution is 7.85. The van der Waals surface area contributed by atoms with Crippen LogP contribution in [0, 0.1) is 11.2 Å². The molecule has 224 valence electrons. The van der Waals surface area contributed by atoms with Crippen molar-refractivity contribution in [1.29, 1.82) is 0 Å². The number of benzene rings is 2. The van der Waals surface area contributed by atoms with E-state index in [1.807, 2.05) is 25.8 Å².